The monoisotopic (exact) mass is 269 g/mol. The summed E-state index contributed by atoms with van der Waals surface area (Å²) in [7, 11) is 0. The van der Waals surface area contributed by atoms with Gasteiger partial charge in [-0.3, -0.25) is 4.79 Å². The number of rotatable bonds is 5. The van der Waals surface area contributed by atoms with Gasteiger partial charge in [0.05, 0.1) is 0 Å². The maximum absolute atomic E-state index is 12.2. The van der Waals surface area contributed by atoms with E-state index in [-0.39, 0.29) is 11.7 Å². The first-order chi connectivity index (χ1) is 8.93. The second kappa shape index (κ2) is 6.78. The van der Waals surface area contributed by atoms with E-state index in [0.29, 0.717) is 18.9 Å². The highest BCUT2D eigenvalue weighted by Gasteiger charge is 2.36. The van der Waals surface area contributed by atoms with E-state index in [4.69, 9.17) is 10.9 Å². The van der Waals surface area contributed by atoms with Gasteiger partial charge in [0.15, 0.2) is 5.84 Å². The summed E-state index contributed by atoms with van der Waals surface area (Å²) in [6, 6.07) is 0. The lowest BCUT2D eigenvalue weighted by atomic mass is 9.81. The first-order valence-electron chi connectivity index (χ1n) is 7.20. The van der Waals surface area contributed by atoms with E-state index < -0.39 is 5.41 Å². The number of hydrogen-bond donors (Lipinski definition) is 3. The van der Waals surface area contributed by atoms with Gasteiger partial charge < -0.3 is 16.3 Å². The van der Waals surface area contributed by atoms with E-state index in [2.05, 4.69) is 17.4 Å². The van der Waals surface area contributed by atoms with Crippen molar-refractivity contribution in [2.75, 3.05) is 6.54 Å². The normalized spacial score (nSPS) is 27.6. The van der Waals surface area contributed by atoms with E-state index in [0.717, 1.165) is 5.92 Å². The molecule has 0 bridgehead atoms. The Morgan fingerprint density at radius 3 is 2.74 bits per heavy atom. The molecule has 0 radical (unpaired) electrons. The Labute approximate surface area is 115 Å². The number of amidine groups is 1. The maximum Gasteiger partial charge on any atom is 0.233 e. The molecule has 5 nitrogen and oxygen atoms in total. The number of nitrogens with two attached hydrogens (primary N) is 1. The Balaban J connectivity index is 2.54. The lowest BCUT2D eigenvalue weighted by molar-refractivity contribution is -0.127. The lowest BCUT2D eigenvalue weighted by Gasteiger charge is -2.29. The van der Waals surface area contributed by atoms with Crippen molar-refractivity contribution in [2.24, 2.45) is 28.1 Å². The smallest absolute Gasteiger partial charge is 0.233 e. The van der Waals surface area contributed by atoms with Crippen LogP contribution in [0.5, 0.6) is 0 Å². The fraction of sp³-hybridized carbons (Fsp3) is 0.857. The van der Waals surface area contributed by atoms with Crippen molar-refractivity contribution in [2.45, 2.75) is 52.9 Å². The second-order valence-corrected chi connectivity index (χ2v) is 6.02. The number of amides is 1. The van der Waals surface area contributed by atoms with Crippen LogP contribution < -0.4 is 11.1 Å². The van der Waals surface area contributed by atoms with Gasteiger partial charge in [0, 0.05) is 6.54 Å². The molecule has 0 saturated heterocycles. The summed E-state index contributed by atoms with van der Waals surface area (Å²) in [5.41, 5.74) is 4.71. The van der Waals surface area contributed by atoms with Gasteiger partial charge in [-0.1, -0.05) is 31.8 Å². The van der Waals surface area contributed by atoms with Crippen LogP contribution >= 0.6 is 0 Å². The Bertz CT molecular complexity index is 344. The molecular formula is C14H27N3O2. The minimum absolute atomic E-state index is 0.0236. The van der Waals surface area contributed by atoms with Gasteiger partial charge in [-0.05, 0) is 38.0 Å². The predicted molar refractivity (Wildman–Crippen MR) is 75.9 cm³/mol. The third kappa shape index (κ3) is 3.85. The van der Waals surface area contributed by atoms with Gasteiger partial charge >= 0.3 is 0 Å². The molecule has 0 aromatic carbocycles. The fourth-order valence-electron chi connectivity index (χ4n) is 2.75. The standard InChI is InChI=1S/C14H27N3O2/c1-4-14(3,12(15)17-19)13(18)16-9-11-7-5-6-10(2)8-11/h10-11,19H,4-9H2,1-3H3,(H2,15,17)(H,16,18). The molecule has 3 atom stereocenters. The molecule has 0 heterocycles. The van der Waals surface area contributed by atoms with Gasteiger partial charge in [-0.25, -0.2) is 0 Å². The SMILES string of the molecule is CCC(C)(C(=O)NCC1CCCC(C)C1)C(N)=NO. The number of nitrogens with one attached hydrogen (secondary N) is 1. The van der Waals surface area contributed by atoms with Gasteiger partial charge in [0.2, 0.25) is 5.91 Å². The van der Waals surface area contributed by atoms with Crippen LogP contribution in [0, 0.1) is 17.3 Å². The molecule has 1 aliphatic rings. The molecule has 0 aliphatic heterocycles. The van der Waals surface area contributed by atoms with Crippen LogP contribution in [0.1, 0.15) is 52.9 Å². The summed E-state index contributed by atoms with van der Waals surface area (Å²) in [5, 5.41) is 14.7. The highest BCUT2D eigenvalue weighted by Crippen LogP contribution is 2.28. The van der Waals surface area contributed by atoms with Crippen molar-refractivity contribution in [3.63, 3.8) is 0 Å². The van der Waals surface area contributed by atoms with Crippen molar-refractivity contribution < 1.29 is 10.0 Å². The summed E-state index contributed by atoms with van der Waals surface area (Å²) in [5.74, 6) is 1.13. The summed E-state index contributed by atoms with van der Waals surface area (Å²) >= 11 is 0. The molecule has 1 amide bonds. The molecule has 5 heteroatoms. The zero-order chi connectivity index (χ0) is 14.5. The Morgan fingerprint density at radius 2 is 2.21 bits per heavy atom. The average Bonchev–Trinajstić information content (AvgIpc) is 2.42. The van der Waals surface area contributed by atoms with E-state index in [9.17, 15) is 4.79 Å². The Kier molecular flexibility index (Phi) is 5.63. The number of carbonyl (C=O) groups excluding carboxylic acids is 1. The van der Waals surface area contributed by atoms with E-state index >= 15 is 0 Å². The second-order valence-electron chi connectivity index (χ2n) is 6.02. The zero-order valence-electron chi connectivity index (χ0n) is 12.3. The molecule has 1 saturated carbocycles. The lowest BCUT2D eigenvalue weighted by Crippen LogP contribution is -2.48. The topological polar surface area (TPSA) is 87.7 Å². The number of hydrogen-bond acceptors (Lipinski definition) is 3. The van der Waals surface area contributed by atoms with Crippen molar-refractivity contribution in [3.05, 3.63) is 0 Å². The molecule has 0 spiro atoms. The maximum atomic E-state index is 12.2. The molecular weight excluding hydrogens is 242 g/mol. The summed E-state index contributed by atoms with van der Waals surface area (Å²) in [6.07, 6.45) is 5.40. The summed E-state index contributed by atoms with van der Waals surface area (Å²) in [6.45, 7) is 6.53. The van der Waals surface area contributed by atoms with E-state index in [1.165, 1.54) is 25.7 Å². The van der Waals surface area contributed by atoms with Crippen LogP contribution in [0.2, 0.25) is 0 Å². The number of carbonyl (C=O) groups is 1. The van der Waals surface area contributed by atoms with Crippen molar-refractivity contribution in [3.8, 4) is 0 Å². The number of nitrogens with zero attached hydrogens (tertiary/aromatic N) is 1. The van der Waals surface area contributed by atoms with Crippen LogP contribution in [-0.2, 0) is 4.79 Å². The molecule has 1 fully saturated rings. The van der Waals surface area contributed by atoms with Crippen molar-refractivity contribution >= 4 is 11.7 Å². The van der Waals surface area contributed by atoms with Crippen LogP contribution in [0.25, 0.3) is 0 Å². The van der Waals surface area contributed by atoms with E-state index in [1.807, 2.05) is 6.92 Å². The third-order valence-corrected chi connectivity index (χ3v) is 4.48. The molecule has 0 aromatic heterocycles. The quantitative estimate of drug-likeness (QED) is 0.309. The van der Waals surface area contributed by atoms with Gasteiger partial charge in [0.1, 0.15) is 5.41 Å². The third-order valence-electron chi connectivity index (χ3n) is 4.48. The van der Waals surface area contributed by atoms with Crippen LogP contribution in [0.15, 0.2) is 5.16 Å². The molecule has 1 rings (SSSR count). The highest BCUT2D eigenvalue weighted by atomic mass is 16.4. The summed E-state index contributed by atoms with van der Waals surface area (Å²) < 4.78 is 0. The molecule has 0 aromatic rings. The van der Waals surface area contributed by atoms with Gasteiger partial charge in [0.25, 0.3) is 0 Å². The van der Waals surface area contributed by atoms with Crippen molar-refractivity contribution in [1.82, 2.24) is 5.32 Å². The first-order valence-corrected chi connectivity index (χ1v) is 7.20. The van der Waals surface area contributed by atoms with Crippen LogP contribution in [-0.4, -0.2) is 23.5 Å². The largest absolute Gasteiger partial charge is 0.409 e. The molecule has 1 aliphatic carbocycles. The molecule has 19 heavy (non-hydrogen) atoms. The first kappa shape index (κ1) is 15.8. The fourth-order valence-corrected chi connectivity index (χ4v) is 2.75. The van der Waals surface area contributed by atoms with Crippen LogP contribution in [0.4, 0.5) is 0 Å². The van der Waals surface area contributed by atoms with Crippen molar-refractivity contribution in [1.29, 1.82) is 0 Å². The Morgan fingerprint density at radius 1 is 1.53 bits per heavy atom. The zero-order valence-corrected chi connectivity index (χ0v) is 12.3. The summed E-state index contributed by atoms with van der Waals surface area (Å²) in [4.78, 5) is 12.2. The molecule has 110 valence electrons. The predicted octanol–water partition coefficient (Wildman–Crippen LogP) is 2.09. The minimum atomic E-state index is -0.922. The average molecular weight is 269 g/mol. The van der Waals surface area contributed by atoms with Gasteiger partial charge in [-0.15, -0.1) is 0 Å². The highest BCUT2D eigenvalue weighted by molar-refractivity contribution is 6.06. The van der Waals surface area contributed by atoms with Gasteiger partial charge in [-0.2, -0.15) is 0 Å². The number of oxime groups is 1. The van der Waals surface area contributed by atoms with Crippen LogP contribution in [0.3, 0.4) is 0 Å². The Hall–Kier alpha value is -1.26. The molecule has 4 N–H and O–H groups in total. The molecule has 3 unspecified atom stereocenters. The minimum Gasteiger partial charge on any atom is -0.409 e. The van der Waals surface area contributed by atoms with E-state index in [1.54, 1.807) is 6.92 Å².